The van der Waals surface area contributed by atoms with Crippen LogP contribution in [0.3, 0.4) is 0 Å². The molecule has 0 unspecified atom stereocenters. The molecule has 0 bridgehead atoms. The maximum absolute atomic E-state index is 12.4. The van der Waals surface area contributed by atoms with Gasteiger partial charge in [-0.1, -0.05) is 42.5 Å². The van der Waals surface area contributed by atoms with E-state index in [4.69, 9.17) is 17.3 Å². The van der Waals surface area contributed by atoms with Gasteiger partial charge in [0, 0.05) is 25.1 Å². The first-order valence-corrected chi connectivity index (χ1v) is 8.82. The number of aliphatic carboxylic acids is 1. The second-order valence-corrected chi connectivity index (χ2v) is 7.07. The van der Waals surface area contributed by atoms with Gasteiger partial charge in [-0.2, -0.15) is 0 Å². The summed E-state index contributed by atoms with van der Waals surface area (Å²) in [7, 11) is 0. The van der Waals surface area contributed by atoms with Crippen LogP contribution in [-0.4, -0.2) is 37.7 Å². The number of rotatable bonds is 8. The zero-order valence-corrected chi connectivity index (χ0v) is 14.8. The topological polar surface area (TPSA) is 101 Å². The number of amides is 1. The fourth-order valence-corrected chi connectivity index (χ4v) is 3.60. The quantitative estimate of drug-likeness (QED) is 0.242. The van der Waals surface area contributed by atoms with E-state index in [-0.39, 0.29) is 18.0 Å². The molecule has 1 N–H and O–H groups in total. The molecule has 9 heteroatoms. The predicted molar refractivity (Wildman–Crippen MR) is 99.1 cm³/mol. The fourth-order valence-electron chi connectivity index (χ4n) is 2.30. The monoisotopic (exact) mass is 380 g/mol. The molecule has 7 nitrogen and oxygen atoms in total. The van der Waals surface area contributed by atoms with Gasteiger partial charge in [0.25, 0.3) is 11.6 Å². The van der Waals surface area contributed by atoms with E-state index in [0.717, 1.165) is 11.8 Å². The molecule has 132 valence electrons. The standard InChI is InChI=1S/C16H16N2O5S2/c19-14(20)7-2-1-3-8-17-15(21)13(25-16(17)24)10-11-5-4-6-12(9-11)18(22)23/h4-6,9-10H,1-3,7-8H2,(H,19,20). The van der Waals surface area contributed by atoms with Gasteiger partial charge in [0.15, 0.2) is 0 Å². The Morgan fingerprint density at radius 3 is 2.80 bits per heavy atom. The first kappa shape index (κ1) is 19.1. The summed E-state index contributed by atoms with van der Waals surface area (Å²) in [5, 5.41) is 19.4. The highest BCUT2D eigenvalue weighted by atomic mass is 32.2. The van der Waals surface area contributed by atoms with Crippen molar-refractivity contribution in [3.8, 4) is 0 Å². The Morgan fingerprint density at radius 2 is 2.12 bits per heavy atom. The van der Waals surface area contributed by atoms with Crippen LogP contribution in [0.1, 0.15) is 31.2 Å². The molecule has 1 amide bonds. The molecule has 25 heavy (non-hydrogen) atoms. The Labute approximate surface area is 153 Å². The van der Waals surface area contributed by atoms with Crippen molar-refractivity contribution in [1.29, 1.82) is 0 Å². The number of nitro groups is 1. The largest absolute Gasteiger partial charge is 0.481 e. The van der Waals surface area contributed by atoms with Crippen LogP contribution in [0.15, 0.2) is 29.2 Å². The zero-order valence-electron chi connectivity index (χ0n) is 13.2. The third kappa shape index (κ3) is 5.36. The first-order valence-electron chi connectivity index (χ1n) is 7.60. The molecule has 0 aromatic heterocycles. The number of hydrogen-bond donors (Lipinski definition) is 1. The Kier molecular flexibility index (Phi) is 6.65. The van der Waals surface area contributed by atoms with Crippen molar-refractivity contribution < 1.29 is 19.6 Å². The number of carbonyl (C=O) groups is 2. The molecule has 0 radical (unpaired) electrons. The molecular formula is C16H16N2O5S2. The van der Waals surface area contributed by atoms with Gasteiger partial charge in [-0.3, -0.25) is 24.6 Å². The molecule has 0 atom stereocenters. The highest BCUT2D eigenvalue weighted by molar-refractivity contribution is 8.26. The summed E-state index contributed by atoms with van der Waals surface area (Å²) in [6, 6.07) is 6.04. The summed E-state index contributed by atoms with van der Waals surface area (Å²) in [6.45, 7) is 0.441. The second kappa shape index (κ2) is 8.72. The lowest BCUT2D eigenvalue weighted by Gasteiger charge is -2.13. The minimum absolute atomic E-state index is 0.0392. The smallest absolute Gasteiger partial charge is 0.303 e. The molecule has 1 heterocycles. The van der Waals surface area contributed by atoms with Crippen LogP contribution in [0.4, 0.5) is 5.69 Å². The van der Waals surface area contributed by atoms with Crippen LogP contribution in [0.25, 0.3) is 6.08 Å². The Hall–Kier alpha value is -2.26. The fraction of sp³-hybridized carbons (Fsp3) is 0.312. The lowest BCUT2D eigenvalue weighted by Crippen LogP contribution is -2.29. The molecule has 1 aliphatic heterocycles. The number of carboxylic acid groups (broad SMARTS) is 1. The highest BCUT2D eigenvalue weighted by Gasteiger charge is 2.31. The number of benzene rings is 1. The number of nitro benzene ring substituents is 1. The van der Waals surface area contributed by atoms with E-state index in [1.807, 2.05) is 0 Å². The zero-order chi connectivity index (χ0) is 18.4. The number of carboxylic acids is 1. The summed E-state index contributed by atoms with van der Waals surface area (Å²) in [5.74, 6) is -1.05. The number of carbonyl (C=O) groups excluding carboxylic acids is 1. The minimum atomic E-state index is -0.828. The van der Waals surface area contributed by atoms with Gasteiger partial charge in [0.2, 0.25) is 0 Å². The van der Waals surface area contributed by atoms with Gasteiger partial charge < -0.3 is 5.11 Å². The maximum atomic E-state index is 12.4. The van der Waals surface area contributed by atoms with Crippen LogP contribution in [-0.2, 0) is 9.59 Å². The highest BCUT2D eigenvalue weighted by Crippen LogP contribution is 2.33. The summed E-state index contributed by atoms with van der Waals surface area (Å²) in [6.07, 6.45) is 3.65. The Morgan fingerprint density at radius 1 is 1.36 bits per heavy atom. The number of nitrogens with zero attached hydrogens (tertiary/aromatic N) is 2. The summed E-state index contributed by atoms with van der Waals surface area (Å²) >= 11 is 6.39. The van der Waals surface area contributed by atoms with Crippen molar-refractivity contribution >= 4 is 51.9 Å². The van der Waals surface area contributed by atoms with E-state index in [1.54, 1.807) is 18.2 Å². The lowest BCUT2D eigenvalue weighted by molar-refractivity contribution is -0.384. The average Bonchev–Trinajstić information content (AvgIpc) is 2.81. The van der Waals surface area contributed by atoms with E-state index < -0.39 is 10.9 Å². The van der Waals surface area contributed by atoms with Crippen LogP contribution in [0, 0.1) is 10.1 Å². The van der Waals surface area contributed by atoms with Crippen molar-refractivity contribution in [2.24, 2.45) is 0 Å². The number of non-ortho nitro benzene ring substituents is 1. The summed E-state index contributed by atoms with van der Waals surface area (Å²) < 4.78 is 0.444. The SMILES string of the molecule is O=C(O)CCCCCN1C(=O)C(=Cc2cccc([N+](=O)[O-])c2)SC1=S. The van der Waals surface area contributed by atoms with Gasteiger partial charge in [0.1, 0.15) is 4.32 Å². The van der Waals surface area contributed by atoms with Crippen molar-refractivity contribution in [3.63, 3.8) is 0 Å². The van der Waals surface area contributed by atoms with Gasteiger partial charge in [-0.25, -0.2) is 0 Å². The van der Waals surface area contributed by atoms with Crippen LogP contribution in [0.5, 0.6) is 0 Å². The van der Waals surface area contributed by atoms with Crippen molar-refractivity contribution in [2.75, 3.05) is 6.54 Å². The Balaban J connectivity index is 1.99. The maximum Gasteiger partial charge on any atom is 0.303 e. The van der Waals surface area contributed by atoms with Gasteiger partial charge in [-0.05, 0) is 24.5 Å². The molecule has 1 saturated heterocycles. The number of hydrogen-bond acceptors (Lipinski definition) is 6. The molecule has 1 aliphatic rings. The van der Waals surface area contributed by atoms with E-state index >= 15 is 0 Å². The average molecular weight is 380 g/mol. The molecule has 0 aliphatic carbocycles. The predicted octanol–water partition coefficient (Wildman–Crippen LogP) is 3.44. The molecule has 0 spiro atoms. The van der Waals surface area contributed by atoms with E-state index in [2.05, 4.69) is 0 Å². The van der Waals surface area contributed by atoms with Crippen LogP contribution < -0.4 is 0 Å². The van der Waals surface area contributed by atoms with Gasteiger partial charge >= 0.3 is 5.97 Å². The lowest BCUT2D eigenvalue weighted by atomic mass is 10.1. The molecule has 1 aromatic rings. The number of thioether (sulfide) groups is 1. The van der Waals surface area contributed by atoms with Gasteiger partial charge in [-0.15, -0.1) is 0 Å². The van der Waals surface area contributed by atoms with Crippen molar-refractivity contribution in [2.45, 2.75) is 25.7 Å². The number of thiocarbonyl (C=S) groups is 1. The summed E-state index contributed by atoms with van der Waals surface area (Å²) in [5.41, 5.74) is 0.527. The third-order valence-corrected chi connectivity index (χ3v) is 4.90. The van der Waals surface area contributed by atoms with E-state index in [1.165, 1.54) is 17.0 Å². The minimum Gasteiger partial charge on any atom is -0.481 e. The van der Waals surface area contributed by atoms with Crippen molar-refractivity contribution in [3.05, 3.63) is 44.8 Å². The Bertz CT molecular complexity index is 748. The first-order chi connectivity index (χ1) is 11.9. The molecular weight excluding hydrogens is 364 g/mol. The van der Waals surface area contributed by atoms with Crippen LogP contribution >= 0.6 is 24.0 Å². The normalized spacial score (nSPS) is 15.8. The number of unbranched alkanes of at least 4 members (excludes halogenated alkanes) is 2. The van der Waals surface area contributed by atoms with E-state index in [9.17, 15) is 19.7 Å². The van der Waals surface area contributed by atoms with Crippen LogP contribution in [0.2, 0.25) is 0 Å². The second-order valence-electron chi connectivity index (χ2n) is 5.39. The van der Waals surface area contributed by atoms with Crippen molar-refractivity contribution in [1.82, 2.24) is 4.90 Å². The molecule has 1 fully saturated rings. The van der Waals surface area contributed by atoms with Gasteiger partial charge in [0.05, 0.1) is 9.83 Å². The molecule has 0 saturated carbocycles. The molecule has 2 rings (SSSR count). The molecule has 1 aromatic carbocycles. The van der Waals surface area contributed by atoms with E-state index in [0.29, 0.717) is 40.6 Å². The third-order valence-electron chi connectivity index (χ3n) is 3.52. The summed E-state index contributed by atoms with van der Waals surface area (Å²) in [4.78, 5) is 35.1.